The largest absolute Gasteiger partial charge is 0.466 e. The molecule has 0 radical (unpaired) electrons. The second-order valence-electron chi connectivity index (χ2n) is 12.7. The Labute approximate surface area is 316 Å². The lowest BCUT2D eigenvalue weighted by molar-refractivity contribution is -0.253. The molecule has 0 saturated carbocycles. The minimum absolute atomic E-state index is 0.0755. The number of amides is 1. The van der Waals surface area contributed by atoms with Crippen molar-refractivity contribution in [2.75, 3.05) is 6.61 Å². The highest BCUT2D eigenvalue weighted by molar-refractivity contribution is 5.95. The zero-order chi connectivity index (χ0) is 42.3. The molecule has 0 spiro atoms. The summed E-state index contributed by atoms with van der Waals surface area (Å²) in [4.78, 5) is 25.4. The number of carbonyl (C=O) groups excluding carboxylic acids is 2. The van der Waals surface area contributed by atoms with E-state index in [4.69, 9.17) is 4.74 Å². The van der Waals surface area contributed by atoms with Crippen LogP contribution in [0, 0.1) is 17.5 Å². The summed E-state index contributed by atoms with van der Waals surface area (Å²) in [5, 5.41) is 2.23. The topological polar surface area (TPSA) is 64.6 Å². The minimum atomic E-state index is -5.41. The van der Waals surface area contributed by atoms with E-state index in [0.717, 1.165) is 0 Å². The molecule has 1 amide bonds. The Morgan fingerprint density at radius 3 is 1.88 bits per heavy atom. The Kier molecular flexibility index (Phi) is 13.9. The van der Waals surface area contributed by atoms with Crippen LogP contribution in [0.2, 0.25) is 0 Å². The van der Waals surface area contributed by atoms with Crippen LogP contribution in [0.25, 0.3) is 0 Å². The summed E-state index contributed by atoms with van der Waals surface area (Å²) in [5.41, 5.74) is -8.14. The van der Waals surface area contributed by atoms with Gasteiger partial charge in [-0.05, 0) is 90.9 Å². The van der Waals surface area contributed by atoms with Crippen molar-refractivity contribution < 1.29 is 76.1 Å². The zero-order valence-electron chi connectivity index (χ0n) is 29.6. The van der Waals surface area contributed by atoms with E-state index >= 15 is 4.39 Å². The number of hydrogen-bond acceptors (Lipinski definition) is 4. The predicted octanol–water partition coefficient (Wildman–Crippen LogP) is 11.0. The fraction of sp³-hybridized carbons (Fsp3) is 0.333. The summed E-state index contributed by atoms with van der Waals surface area (Å²) in [5.74, 6) is -8.37. The van der Waals surface area contributed by atoms with Crippen LogP contribution in [0.1, 0.15) is 76.3 Å². The van der Waals surface area contributed by atoms with Crippen LogP contribution < -0.4 is 10.1 Å². The number of carbonyl (C=O) groups is 2. The van der Waals surface area contributed by atoms with Crippen LogP contribution in [0.15, 0.2) is 78.9 Å². The van der Waals surface area contributed by atoms with Gasteiger partial charge in [0.2, 0.25) is 0 Å². The van der Waals surface area contributed by atoms with E-state index in [1.54, 1.807) is 19.1 Å². The highest BCUT2D eigenvalue weighted by Crippen LogP contribution is 2.41. The molecule has 1 N–H and O–H groups in total. The van der Waals surface area contributed by atoms with Gasteiger partial charge in [0.15, 0.2) is 0 Å². The first-order valence-corrected chi connectivity index (χ1v) is 17.0. The summed E-state index contributed by atoms with van der Waals surface area (Å²) in [7, 11) is 0. The number of unbranched alkanes of at least 4 members (excludes halogenated alkanes) is 2. The van der Waals surface area contributed by atoms with Crippen molar-refractivity contribution in [1.82, 2.24) is 5.32 Å². The Morgan fingerprint density at radius 1 is 0.684 bits per heavy atom. The molecule has 4 rings (SSSR count). The summed E-state index contributed by atoms with van der Waals surface area (Å²) < 4.78 is 191. The van der Waals surface area contributed by atoms with E-state index in [-0.39, 0.29) is 48.8 Å². The van der Waals surface area contributed by atoms with E-state index in [2.05, 4.69) is 10.1 Å². The number of nitrogens with one attached hydrogen (secondary N) is 1. The average molecular weight is 826 g/mol. The van der Waals surface area contributed by atoms with Crippen LogP contribution in [0.4, 0.5) is 57.1 Å². The van der Waals surface area contributed by atoms with Gasteiger partial charge in [-0.1, -0.05) is 36.8 Å². The van der Waals surface area contributed by atoms with Gasteiger partial charge in [-0.15, -0.1) is 0 Å². The number of benzene rings is 4. The van der Waals surface area contributed by atoms with Crippen molar-refractivity contribution in [2.24, 2.45) is 0 Å². The van der Waals surface area contributed by atoms with Gasteiger partial charge in [-0.3, -0.25) is 9.59 Å². The van der Waals surface area contributed by atoms with E-state index in [0.29, 0.717) is 61.6 Å². The highest BCUT2D eigenvalue weighted by Gasteiger charge is 2.46. The van der Waals surface area contributed by atoms with Gasteiger partial charge in [-0.2, -0.15) is 43.9 Å². The molecule has 0 aliphatic heterocycles. The number of esters is 1. The van der Waals surface area contributed by atoms with Crippen molar-refractivity contribution in [3.05, 3.63) is 135 Å². The number of ether oxygens (including phenoxy) is 2. The number of rotatable bonds is 16. The zero-order valence-corrected chi connectivity index (χ0v) is 29.6. The lowest BCUT2D eigenvalue weighted by atomic mass is 9.76. The summed E-state index contributed by atoms with van der Waals surface area (Å²) in [6.45, 7) is 1.90. The molecule has 1 atom stereocenters. The van der Waals surface area contributed by atoms with Gasteiger partial charge < -0.3 is 14.8 Å². The Bertz CT molecular complexity index is 2030. The first-order valence-electron chi connectivity index (χ1n) is 17.0. The molecule has 18 heteroatoms. The molecule has 0 fully saturated rings. The first kappa shape index (κ1) is 44.4. The fourth-order valence-electron chi connectivity index (χ4n) is 5.93. The lowest BCUT2D eigenvalue weighted by Gasteiger charge is -2.37. The molecule has 308 valence electrons. The molecule has 0 unspecified atom stereocenters. The molecule has 0 aliphatic carbocycles. The average Bonchev–Trinajstić information content (AvgIpc) is 3.10. The van der Waals surface area contributed by atoms with E-state index in [1.807, 2.05) is 0 Å². The standard InChI is InChI=1S/C39H32F13NO4/c1-2-56-33(54)7-5-3-4-6-22-8-10-23(11-9-22)21-36(25-13-15-32(42)30(19-25)38(48,49)50,26-17-27(40)20-28(18-26)57-39(51,52)35(43)44)53-34(55)24-12-14-31(41)29(16-24)37(45,46)47/h8-20,35H,2-7,21H2,1H3,(H,53,55)/t36-/m0/s1. The molecular formula is C39H32F13NO4. The molecule has 0 aromatic heterocycles. The third kappa shape index (κ3) is 11.4. The molecule has 57 heavy (non-hydrogen) atoms. The van der Waals surface area contributed by atoms with Gasteiger partial charge in [0.1, 0.15) is 23.2 Å². The van der Waals surface area contributed by atoms with Crippen LogP contribution in [-0.4, -0.2) is 31.0 Å². The Morgan fingerprint density at radius 2 is 1.28 bits per heavy atom. The molecule has 0 saturated heterocycles. The van der Waals surface area contributed by atoms with Crippen LogP contribution in [0.5, 0.6) is 5.75 Å². The predicted molar refractivity (Wildman–Crippen MR) is 178 cm³/mol. The molecular weight excluding hydrogens is 793 g/mol. The highest BCUT2D eigenvalue weighted by atomic mass is 19.4. The van der Waals surface area contributed by atoms with Crippen molar-refractivity contribution in [3.63, 3.8) is 0 Å². The van der Waals surface area contributed by atoms with Gasteiger partial charge in [0, 0.05) is 24.5 Å². The van der Waals surface area contributed by atoms with Crippen LogP contribution >= 0.6 is 0 Å². The molecule has 4 aromatic rings. The number of halogens is 13. The Balaban J connectivity index is 1.90. The summed E-state index contributed by atoms with van der Waals surface area (Å²) in [6.07, 6.45) is -18.8. The monoisotopic (exact) mass is 825 g/mol. The third-order valence-corrected chi connectivity index (χ3v) is 8.64. The number of alkyl halides is 10. The maximum atomic E-state index is 15.3. The van der Waals surface area contributed by atoms with Crippen LogP contribution in [0.3, 0.4) is 0 Å². The van der Waals surface area contributed by atoms with Crippen molar-refractivity contribution in [1.29, 1.82) is 0 Å². The quantitative estimate of drug-likeness (QED) is 0.0694. The van der Waals surface area contributed by atoms with Crippen molar-refractivity contribution in [3.8, 4) is 5.75 Å². The molecule has 5 nitrogen and oxygen atoms in total. The van der Waals surface area contributed by atoms with E-state index in [1.165, 1.54) is 12.1 Å². The Hall–Kier alpha value is -5.29. The molecule has 0 heterocycles. The van der Waals surface area contributed by atoms with Gasteiger partial charge in [0.05, 0.1) is 23.3 Å². The van der Waals surface area contributed by atoms with Crippen molar-refractivity contribution >= 4 is 11.9 Å². The van der Waals surface area contributed by atoms with E-state index in [9.17, 15) is 62.3 Å². The van der Waals surface area contributed by atoms with E-state index < -0.39 is 93.8 Å². The third-order valence-electron chi connectivity index (χ3n) is 8.64. The summed E-state index contributed by atoms with van der Waals surface area (Å²) >= 11 is 0. The second kappa shape index (κ2) is 17.9. The number of aryl methyl sites for hydroxylation is 1. The molecule has 0 aliphatic rings. The normalized spacial score (nSPS) is 13.3. The molecule has 0 bridgehead atoms. The van der Waals surface area contributed by atoms with Crippen LogP contribution in [-0.2, 0) is 40.3 Å². The maximum Gasteiger partial charge on any atom is 0.461 e. The number of hydrogen-bond donors (Lipinski definition) is 1. The van der Waals surface area contributed by atoms with Crippen molar-refractivity contribution in [2.45, 2.75) is 75.9 Å². The first-order chi connectivity index (χ1) is 26.6. The SMILES string of the molecule is CCOC(=O)CCCCCc1ccc(C[C@@](NC(=O)c2ccc(F)c(C(F)(F)F)c2)(c2cc(F)cc(OC(F)(F)C(F)F)c2)c2ccc(F)c(C(F)(F)F)c2)cc1. The fourth-order valence-corrected chi connectivity index (χ4v) is 5.93. The maximum absolute atomic E-state index is 15.3. The smallest absolute Gasteiger partial charge is 0.461 e. The summed E-state index contributed by atoms with van der Waals surface area (Å²) in [6, 6.07) is 9.24. The van der Waals surface area contributed by atoms with Gasteiger partial charge >= 0.3 is 30.9 Å². The lowest BCUT2D eigenvalue weighted by Crippen LogP contribution is -2.49. The van der Waals surface area contributed by atoms with Gasteiger partial charge in [0.25, 0.3) is 5.91 Å². The molecule has 4 aromatic carbocycles. The second-order valence-corrected chi connectivity index (χ2v) is 12.7. The minimum Gasteiger partial charge on any atom is -0.466 e. The van der Waals surface area contributed by atoms with Gasteiger partial charge in [-0.25, -0.2) is 13.2 Å².